The Balaban J connectivity index is 2.07. The number of hydrogen-bond donors (Lipinski definition) is 3. The van der Waals surface area contributed by atoms with E-state index < -0.39 is 11.9 Å². The second-order valence-corrected chi connectivity index (χ2v) is 6.05. The van der Waals surface area contributed by atoms with Crippen LogP contribution in [0.25, 0.3) is 6.08 Å². The fourth-order valence-corrected chi connectivity index (χ4v) is 2.65. The van der Waals surface area contributed by atoms with Crippen LogP contribution in [0.4, 0.5) is 5.69 Å². The SMILES string of the molecule is O=C(C=Cc1ccccc1)NC(=S)Nc1c(Cl)cc(Cl)cc1C(=O)O. The number of benzene rings is 2. The lowest BCUT2D eigenvalue weighted by atomic mass is 10.2. The molecule has 0 aliphatic rings. The largest absolute Gasteiger partial charge is 0.478 e. The summed E-state index contributed by atoms with van der Waals surface area (Å²) in [5, 5.41) is 14.4. The van der Waals surface area contributed by atoms with Crippen LogP contribution in [0.2, 0.25) is 10.0 Å². The van der Waals surface area contributed by atoms with Gasteiger partial charge in [0.2, 0.25) is 5.91 Å². The maximum Gasteiger partial charge on any atom is 0.337 e. The van der Waals surface area contributed by atoms with Crippen LogP contribution >= 0.6 is 35.4 Å². The number of amides is 1. The molecule has 5 nitrogen and oxygen atoms in total. The summed E-state index contributed by atoms with van der Waals surface area (Å²) < 4.78 is 0. The molecule has 0 fully saturated rings. The number of carboxylic acids is 1. The highest BCUT2D eigenvalue weighted by Crippen LogP contribution is 2.30. The van der Waals surface area contributed by atoms with Crippen molar-refractivity contribution in [3.8, 4) is 0 Å². The van der Waals surface area contributed by atoms with Gasteiger partial charge in [-0.1, -0.05) is 53.5 Å². The molecule has 0 aliphatic carbocycles. The summed E-state index contributed by atoms with van der Waals surface area (Å²) in [7, 11) is 0. The first kappa shape index (κ1) is 18.9. The van der Waals surface area contributed by atoms with E-state index in [2.05, 4.69) is 10.6 Å². The zero-order valence-corrected chi connectivity index (χ0v) is 15.0. The van der Waals surface area contributed by atoms with Gasteiger partial charge >= 0.3 is 5.97 Å². The molecule has 128 valence electrons. The van der Waals surface area contributed by atoms with Gasteiger partial charge in [-0.25, -0.2) is 4.79 Å². The maximum atomic E-state index is 11.9. The number of rotatable bonds is 4. The van der Waals surface area contributed by atoms with E-state index in [0.717, 1.165) is 5.56 Å². The van der Waals surface area contributed by atoms with E-state index in [0.29, 0.717) is 0 Å². The summed E-state index contributed by atoms with van der Waals surface area (Å²) in [6, 6.07) is 11.8. The summed E-state index contributed by atoms with van der Waals surface area (Å²) in [5.41, 5.74) is 0.746. The van der Waals surface area contributed by atoms with Gasteiger partial charge in [0.25, 0.3) is 0 Å². The van der Waals surface area contributed by atoms with Crippen LogP contribution < -0.4 is 10.6 Å². The van der Waals surface area contributed by atoms with E-state index in [1.54, 1.807) is 6.08 Å². The smallest absolute Gasteiger partial charge is 0.337 e. The van der Waals surface area contributed by atoms with E-state index >= 15 is 0 Å². The summed E-state index contributed by atoms with van der Waals surface area (Å²) in [6.45, 7) is 0. The van der Waals surface area contributed by atoms with Gasteiger partial charge in [-0.2, -0.15) is 0 Å². The Labute approximate surface area is 159 Å². The minimum Gasteiger partial charge on any atom is -0.478 e. The fraction of sp³-hybridized carbons (Fsp3) is 0. The normalized spacial score (nSPS) is 10.5. The van der Waals surface area contributed by atoms with E-state index in [1.165, 1.54) is 18.2 Å². The molecule has 0 saturated heterocycles. The highest BCUT2D eigenvalue weighted by molar-refractivity contribution is 7.80. The Morgan fingerprint density at radius 2 is 1.80 bits per heavy atom. The first-order chi connectivity index (χ1) is 11.9. The summed E-state index contributed by atoms with van der Waals surface area (Å²) in [6.07, 6.45) is 2.93. The van der Waals surface area contributed by atoms with Crippen molar-refractivity contribution in [2.45, 2.75) is 0 Å². The summed E-state index contributed by atoms with van der Waals surface area (Å²) >= 11 is 16.8. The van der Waals surface area contributed by atoms with E-state index in [-0.39, 0.29) is 26.4 Å². The van der Waals surface area contributed by atoms with Gasteiger partial charge in [-0.05, 0) is 36.0 Å². The van der Waals surface area contributed by atoms with Crippen LogP contribution in [0.3, 0.4) is 0 Å². The van der Waals surface area contributed by atoms with Crippen molar-refractivity contribution < 1.29 is 14.7 Å². The van der Waals surface area contributed by atoms with Gasteiger partial charge in [0.15, 0.2) is 5.11 Å². The number of anilines is 1. The highest BCUT2D eigenvalue weighted by atomic mass is 35.5. The van der Waals surface area contributed by atoms with Gasteiger partial charge in [0, 0.05) is 11.1 Å². The lowest BCUT2D eigenvalue weighted by molar-refractivity contribution is -0.115. The Morgan fingerprint density at radius 1 is 1.12 bits per heavy atom. The molecule has 0 aliphatic heterocycles. The third-order valence-electron chi connectivity index (χ3n) is 2.99. The lowest BCUT2D eigenvalue weighted by Gasteiger charge is -2.13. The third-order valence-corrected chi connectivity index (χ3v) is 3.71. The molecule has 0 atom stereocenters. The number of carbonyl (C=O) groups is 2. The van der Waals surface area contributed by atoms with Crippen molar-refractivity contribution in [2.75, 3.05) is 5.32 Å². The zero-order chi connectivity index (χ0) is 18.4. The standard InChI is InChI=1S/C17H12Cl2N2O3S/c18-11-8-12(16(23)24)15(13(19)9-11)21-17(25)20-14(22)7-6-10-4-2-1-3-5-10/h1-9H,(H,23,24)(H2,20,21,22,25). The Hall–Kier alpha value is -2.41. The Kier molecular flexibility index (Phi) is 6.52. The summed E-state index contributed by atoms with van der Waals surface area (Å²) in [5.74, 6) is -1.70. The number of thiocarbonyl (C=S) groups is 1. The molecule has 0 radical (unpaired) electrons. The van der Waals surface area contributed by atoms with Crippen LogP contribution in [0.5, 0.6) is 0 Å². The van der Waals surface area contributed by atoms with Crippen molar-refractivity contribution in [1.29, 1.82) is 0 Å². The molecular formula is C17H12Cl2N2O3S. The first-order valence-electron chi connectivity index (χ1n) is 6.94. The van der Waals surface area contributed by atoms with Crippen LogP contribution in [-0.2, 0) is 4.79 Å². The van der Waals surface area contributed by atoms with Crippen LogP contribution in [0.1, 0.15) is 15.9 Å². The third kappa shape index (κ3) is 5.56. The minimum atomic E-state index is -1.23. The molecule has 2 aromatic carbocycles. The average molecular weight is 395 g/mol. The van der Waals surface area contributed by atoms with E-state index in [9.17, 15) is 14.7 Å². The number of nitrogens with one attached hydrogen (secondary N) is 2. The summed E-state index contributed by atoms with van der Waals surface area (Å²) in [4.78, 5) is 23.2. The van der Waals surface area contributed by atoms with Crippen molar-refractivity contribution >= 4 is 64.2 Å². The van der Waals surface area contributed by atoms with Crippen molar-refractivity contribution in [3.05, 3.63) is 69.7 Å². The molecule has 1 amide bonds. The van der Waals surface area contributed by atoms with Crippen molar-refractivity contribution in [2.24, 2.45) is 0 Å². The lowest BCUT2D eigenvalue weighted by Crippen LogP contribution is -2.33. The molecule has 0 saturated carbocycles. The van der Waals surface area contributed by atoms with E-state index in [4.69, 9.17) is 35.4 Å². The molecule has 25 heavy (non-hydrogen) atoms. The Bertz CT molecular complexity index is 854. The van der Waals surface area contributed by atoms with Gasteiger partial charge in [0.1, 0.15) is 0 Å². The number of carboxylic acid groups (broad SMARTS) is 1. The zero-order valence-electron chi connectivity index (χ0n) is 12.6. The molecular weight excluding hydrogens is 383 g/mol. The molecule has 0 aromatic heterocycles. The fourth-order valence-electron chi connectivity index (χ4n) is 1.90. The maximum absolute atomic E-state index is 11.9. The van der Waals surface area contributed by atoms with Crippen LogP contribution in [0.15, 0.2) is 48.5 Å². The molecule has 2 rings (SSSR count). The second kappa shape index (κ2) is 8.62. The van der Waals surface area contributed by atoms with Crippen LogP contribution in [-0.4, -0.2) is 22.1 Å². The molecule has 0 heterocycles. The predicted octanol–water partition coefficient (Wildman–Crippen LogP) is 4.22. The topological polar surface area (TPSA) is 78.4 Å². The molecule has 3 N–H and O–H groups in total. The van der Waals surface area contributed by atoms with Gasteiger partial charge in [-0.15, -0.1) is 0 Å². The second-order valence-electron chi connectivity index (χ2n) is 4.80. The minimum absolute atomic E-state index is 0.0518. The first-order valence-corrected chi connectivity index (χ1v) is 8.10. The van der Waals surface area contributed by atoms with Crippen molar-refractivity contribution in [1.82, 2.24) is 5.32 Å². The number of hydrogen-bond acceptors (Lipinski definition) is 3. The molecule has 0 spiro atoms. The van der Waals surface area contributed by atoms with Crippen molar-refractivity contribution in [3.63, 3.8) is 0 Å². The molecule has 0 bridgehead atoms. The molecule has 2 aromatic rings. The Morgan fingerprint density at radius 3 is 2.44 bits per heavy atom. The predicted molar refractivity (Wildman–Crippen MR) is 103 cm³/mol. The monoisotopic (exact) mass is 394 g/mol. The van der Waals surface area contributed by atoms with E-state index in [1.807, 2.05) is 30.3 Å². The van der Waals surface area contributed by atoms with Gasteiger partial charge in [0.05, 0.1) is 16.3 Å². The molecule has 8 heteroatoms. The quantitative estimate of drug-likeness (QED) is 0.534. The van der Waals surface area contributed by atoms with Crippen LogP contribution in [0, 0.1) is 0 Å². The number of carbonyl (C=O) groups excluding carboxylic acids is 1. The van der Waals surface area contributed by atoms with Gasteiger partial charge in [-0.3, -0.25) is 10.1 Å². The number of aromatic carboxylic acids is 1. The highest BCUT2D eigenvalue weighted by Gasteiger charge is 2.16. The molecule has 0 unspecified atom stereocenters. The number of halogens is 2. The average Bonchev–Trinajstić information content (AvgIpc) is 2.56. The van der Waals surface area contributed by atoms with Gasteiger partial charge < -0.3 is 10.4 Å².